The highest BCUT2D eigenvalue weighted by molar-refractivity contribution is 5.82. The summed E-state index contributed by atoms with van der Waals surface area (Å²) in [7, 11) is 0. The maximum atomic E-state index is 12.5. The lowest BCUT2D eigenvalue weighted by atomic mass is 10.2. The smallest absolute Gasteiger partial charge is 0.267 e. The fraction of sp³-hybridized carbons (Fsp3) is 0.562. The SMILES string of the molecule is CCCN1CCN(C(=O)[C@H]2COc3ccccc3O2)CC1. The molecule has 0 radical (unpaired) electrons. The van der Waals surface area contributed by atoms with Crippen molar-refractivity contribution in [2.24, 2.45) is 0 Å². The number of benzene rings is 1. The van der Waals surface area contributed by atoms with Gasteiger partial charge in [-0.15, -0.1) is 0 Å². The summed E-state index contributed by atoms with van der Waals surface area (Å²) in [6.07, 6.45) is 0.641. The summed E-state index contributed by atoms with van der Waals surface area (Å²) in [5.41, 5.74) is 0. The number of amides is 1. The van der Waals surface area contributed by atoms with Crippen molar-refractivity contribution in [1.82, 2.24) is 9.80 Å². The Labute approximate surface area is 125 Å². The van der Waals surface area contributed by atoms with Crippen LogP contribution in [0.4, 0.5) is 0 Å². The van der Waals surface area contributed by atoms with Crippen LogP contribution in [0.1, 0.15) is 13.3 Å². The van der Waals surface area contributed by atoms with E-state index >= 15 is 0 Å². The topological polar surface area (TPSA) is 42.0 Å². The van der Waals surface area contributed by atoms with Gasteiger partial charge >= 0.3 is 0 Å². The minimum absolute atomic E-state index is 0.0423. The molecule has 0 aromatic heterocycles. The van der Waals surface area contributed by atoms with E-state index in [1.54, 1.807) is 0 Å². The van der Waals surface area contributed by atoms with E-state index in [-0.39, 0.29) is 5.91 Å². The summed E-state index contributed by atoms with van der Waals surface area (Å²) in [4.78, 5) is 16.8. The van der Waals surface area contributed by atoms with Crippen molar-refractivity contribution in [3.05, 3.63) is 24.3 Å². The molecule has 2 aliphatic rings. The summed E-state index contributed by atoms with van der Waals surface area (Å²) in [5.74, 6) is 1.42. The number of fused-ring (bicyclic) bond motifs is 1. The number of carbonyl (C=O) groups is 1. The molecular formula is C16H22N2O3. The van der Waals surface area contributed by atoms with E-state index in [0.29, 0.717) is 18.1 Å². The largest absolute Gasteiger partial charge is 0.485 e. The van der Waals surface area contributed by atoms with Crippen LogP contribution in [-0.2, 0) is 4.79 Å². The highest BCUT2D eigenvalue weighted by Gasteiger charge is 2.32. The van der Waals surface area contributed by atoms with Crippen LogP contribution in [0.2, 0.25) is 0 Å². The minimum Gasteiger partial charge on any atom is -0.485 e. The predicted octanol–water partition coefficient (Wildman–Crippen LogP) is 1.38. The zero-order valence-corrected chi connectivity index (χ0v) is 12.5. The molecule has 1 saturated heterocycles. The third kappa shape index (κ3) is 3.13. The molecule has 2 aliphatic heterocycles. The number of hydrogen-bond acceptors (Lipinski definition) is 4. The summed E-state index contributed by atoms with van der Waals surface area (Å²) in [6, 6.07) is 7.49. The summed E-state index contributed by atoms with van der Waals surface area (Å²) in [5, 5.41) is 0. The minimum atomic E-state index is -0.516. The molecule has 2 heterocycles. The maximum absolute atomic E-state index is 12.5. The summed E-state index contributed by atoms with van der Waals surface area (Å²) in [6.45, 7) is 7.04. The first kappa shape index (κ1) is 14.2. The molecule has 5 nitrogen and oxygen atoms in total. The lowest BCUT2D eigenvalue weighted by molar-refractivity contribution is -0.143. The quantitative estimate of drug-likeness (QED) is 0.843. The molecule has 114 valence electrons. The number of hydrogen-bond donors (Lipinski definition) is 0. The van der Waals surface area contributed by atoms with Crippen LogP contribution in [0.3, 0.4) is 0 Å². The third-order valence-electron chi connectivity index (χ3n) is 4.01. The van der Waals surface area contributed by atoms with E-state index in [9.17, 15) is 4.79 Å². The van der Waals surface area contributed by atoms with Gasteiger partial charge in [-0.1, -0.05) is 19.1 Å². The van der Waals surface area contributed by atoms with Crippen molar-refractivity contribution < 1.29 is 14.3 Å². The molecule has 0 unspecified atom stereocenters. The highest BCUT2D eigenvalue weighted by atomic mass is 16.6. The van der Waals surface area contributed by atoms with E-state index in [0.717, 1.165) is 39.1 Å². The molecule has 1 aromatic rings. The lowest BCUT2D eigenvalue weighted by Crippen LogP contribution is -2.54. The molecule has 0 N–H and O–H groups in total. The number of piperazine rings is 1. The van der Waals surface area contributed by atoms with Crippen LogP contribution in [0.25, 0.3) is 0 Å². The van der Waals surface area contributed by atoms with Crippen LogP contribution in [-0.4, -0.2) is 61.1 Å². The first-order valence-corrected chi connectivity index (χ1v) is 7.67. The Morgan fingerprint density at radius 3 is 2.62 bits per heavy atom. The Kier molecular flexibility index (Phi) is 4.29. The standard InChI is InChI=1S/C16H22N2O3/c1-2-7-17-8-10-18(11-9-17)16(19)15-12-20-13-5-3-4-6-14(13)21-15/h3-6,15H,2,7-12H2,1H3/t15-/m1/s1. The molecule has 21 heavy (non-hydrogen) atoms. The van der Waals surface area contributed by atoms with Gasteiger partial charge in [0.2, 0.25) is 6.10 Å². The fourth-order valence-corrected chi connectivity index (χ4v) is 2.85. The average Bonchev–Trinajstić information content (AvgIpc) is 2.55. The van der Waals surface area contributed by atoms with Gasteiger partial charge in [0.05, 0.1) is 0 Å². The molecule has 0 saturated carbocycles. The Morgan fingerprint density at radius 2 is 1.90 bits per heavy atom. The lowest BCUT2D eigenvalue weighted by Gasteiger charge is -2.37. The highest BCUT2D eigenvalue weighted by Crippen LogP contribution is 2.31. The van der Waals surface area contributed by atoms with E-state index in [4.69, 9.17) is 9.47 Å². The number of rotatable bonds is 3. The van der Waals surface area contributed by atoms with Crippen LogP contribution in [0.15, 0.2) is 24.3 Å². The van der Waals surface area contributed by atoms with Gasteiger partial charge in [-0.25, -0.2) is 0 Å². The first-order valence-electron chi connectivity index (χ1n) is 7.67. The maximum Gasteiger partial charge on any atom is 0.267 e. The van der Waals surface area contributed by atoms with Gasteiger partial charge in [-0.3, -0.25) is 9.69 Å². The molecule has 1 aromatic carbocycles. The van der Waals surface area contributed by atoms with Gasteiger partial charge < -0.3 is 14.4 Å². The van der Waals surface area contributed by atoms with Gasteiger partial charge in [0.25, 0.3) is 5.91 Å². The fourth-order valence-electron chi connectivity index (χ4n) is 2.85. The second-order valence-corrected chi connectivity index (χ2v) is 5.53. The van der Waals surface area contributed by atoms with Gasteiger partial charge in [0, 0.05) is 26.2 Å². The first-order chi connectivity index (χ1) is 10.3. The number of carbonyl (C=O) groups excluding carboxylic acids is 1. The number of para-hydroxylation sites is 2. The van der Waals surface area contributed by atoms with Crippen molar-refractivity contribution in [3.63, 3.8) is 0 Å². The van der Waals surface area contributed by atoms with Crippen LogP contribution < -0.4 is 9.47 Å². The molecule has 3 rings (SSSR count). The van der Waals surface area contributed by atoms with Gasteiger partial charge in [-0.05, 0) is 25.1 Å². The van der Waals surface area contributed by atoms with Gasteiger partial charge in [0.15, 0.2) is 11.5 Å². The zero-order valence-electron chi connectivity index (χ0n) is 12.5. The summed E-state index contributed by atoms with van der Waals surface area (Å²) >= 11 is 0. The normalized spacial score (nSPS) is 22.1. The molecule has 0 aliphatic carbocycles. The van der Waals surface area contributed by atoms with Crippen molar-refractivity contribution in [2.45, 2.75) is 19.4 Å². The molecule has 1 atom stereocenters. The average molecular weight is 290 g/mol. The molecular weight excluding hydrogens is 268 g/mol. The molecule has 5 heteroatoms. The van der Waals surface area contributed by atoms with E-state index in [1.807, 2.05) is 29.2 Å². The van der Waals surface area contributed by atoms with Crippen molar-refractivity contribution in [1.29, 1.82) is 0 Å². The molecule has 0 bridgehead atoms. The predicted molar refractivity (Wildman–Crippen MR) is 79.7 cm³/mol. The second-order valence-electron chi connectivity index (χ2n) is 5.53. The molecule has 1 fully saturated rings. The molecule has 0 spiro atoms. The van der Waals surface area contributed by atoms with E-state index < -0.39 is 6.10 Å². The van der Waals surface area contributed by atoms with E-state index in [2.05, 4.69) is 11.8 Å². The van der Waals surface area contributed by atoms with Crippen molar-refractivity contribution in [2.75, 3.05) is 39.3 Å². The Morgan fingerprint density at radius 1 is 1.19 bits per heavy atom. The van der Waals surface area contributed by atoms with Gasteiger partial charge in [-0.2, -0.15) is 0 Å². The second kappa shape index (κ2) is 6.35. The Bertz CT molecular complexity index is 498. The third-order valence-corrected chi connectivity index (χ3v) is 4.01. The Hall–Kier alpha value is -1.75. The number of nitrogens with zero attached hydrogens (tertiary/aromatic N) is 2. The number of ether oxygens (including phenoxy) is 2. The monoisotopic (exact) mass is 290 g/mol. The van der Waals surface area contributed by atoms with Gasteiger partial charge in [0.1, 0.15) is 6.61 Å². The van der Waals surface area contributed by atoms with E-state index in [1.165, 1.54) is 0 Å². The van der Waals surface area contributed by atoms with Crippen LogP contribution in [0, 0.1) is 0 Å². The Balaban J connectivity index is 1.57. The van der Waals surface area contributed by atoms with Crippen molar-refractivity contribution >= 4 is 5.91 Å². The zero-order chi connectivity index (χ0) is 14.7. The molecule has 1 amide bonds. The summed E-state index contributed by atoms with van der Waals surface area (Å²) < 4.78 is 11.4. The van der Waals surface area contributed by atoms with Crippen molar-refractivity contribution in [3.8, 4) is 11.5 Å². The van der Waals surface area contributed by atoms with Crippen LogP contribution >= 0.6 is 0 Å². The van der Waals surface area contributed by atoms with Crippen LogP contribution in [0.5, 0.6) is 11.5 Å².